The summed E-state index contributed by atoms with van der Waals surface area (Å²) in [5, 5.41) is 0. The Bertz CT molecular complexity index is 2510. The predicted octanol–water partition coefficient (Wildman–Crippen LogP) is 16.5. The zero-order valence-corrected chi connectivity index (χ0v) is 58.2. The van der Waals surface area contributed by atoms with Crippen molar-refractivity contribution in [2.24, 2.45) is 16.7 Å². The first kappa shape index (κ1) is 76.1. The Morgan fingerprint density at radius 1 is 0.405 bits per heavy atom. The van der Waals surface area contributed by atoms with Crippen LogP contribution >= 0.6 is 0 Å². The molecule has 13 heteroatoms. The summed E-state index contributed by atoms with van der Waals surface area (Å²) in [4.78, 5) is 59.3. The first-order chi connectivity index (χ1) is 35.3. The molecule has 428 valence electrons. The molecule has 0 N–H and O–H groups in total. The summed E-state index contributed by atoms with van der Waals surface area (Å²) in [5.41, 5.74) is 4.81. The van der Waals surface area contributed by atoms with E-state index in [1.807, 2.05) is 72.8 Å². The number of rotatable bonds is 17. The van der Waals surface area contributed by atoms with E-state index in [9.17, 15) is 24.0 Å². The number of hydrogen-bond acceptors (Lipinski definition) is 10. The van der Waals surface area contributed by atoms with Crippen LogP contribution in [0.5, 0.6) is 28.7 Å². The van der Waals surface area contributed by atoms with Crippen LogP contribution in [0.1, 0.15) is 175 Å². The molecule has 0 aliphatic heterocycles. The van der Waals surface area contributed by atoms with E-state index in [1.54, 1.807) is 90.1 Å². The summed E-state index contributed by atoms with van der Waals surface area (Å²) in [7, 11) is 0. The average Bonchev–Trinajstić information content (AvgIpc) is 3.35. The van der Waals surface area contributed by atoms with Crippen molar-refractivity contribution in [3.05, 3.63) is 187 Å². The molecular formula is C66H84O10W3-2. The SMILES string of the molecule is C=C(C)C(=O)Oc1ccc(C(C)C)cc1.C=C(C)C(=O)Oc1ccc(C(C)C)cc1.[CH2-]C(C)(CC(C)(C)C(=O)Oc1ccc(C(C)C)cc1)C(=O)Oc1ccc(C(C)C)cc1.[CH2-]C(C)C(=O)Oc1ccc(C(C)C)cc1.[W].[W].[W]. The zero-order chi connectivity index (χ0) is 57.7. The minimum Gasteiger partial charge on any atom is -0.428 e. The number of carbonyl (C=O) groups is 5. The maximum Gasteiger partial charge on any atom is 0.338 e. The second kappa shape index (κ2) is 36.4. The van der Waals surface area contributed by atoms with Gasteiger partial charge in [0.1, 0.15) is 28.7 Å². The molecule has 0 bridgehead atoms. The van der Waals surface area contributed by atoms with Gasteiger partial charge in [0.25, 0.3) is 11.9 Å². The Morgan fingerprint density at radius 3 is 0.835 bits per heavy atom. The van der Waals surface area contributed by atoms with E-state index in [1.165, 1.54) is 27.8 Å². The monoisotopic (exact) mass is 1590 g/mol. The van der Waals surface area contributed by atoms with E-state index in [0.29, 0.717) is 69.5 Å². The fourth-order valence-corrected chi connectivity index (χ4v) is 6.80. The molecule has 0 radical (unpaired) electrons. The average molecular weight is 1590 g/mol. The van der Waals surface area contributed by atoms with Gasteiger partial charge in [-0.25, -0.2) is 9.59 Å². The third-order valence-corrected chi connectivity index (χ3v) is 11.8. The third kappa shape index (κ3) is 27.8. The van der Waals surface area contributed by atoms with E-state index in [4.69, 9.17) is 23.7 Å². The van der Waals surface area contributed by atoms with Gasteiger partial charge in [0.15, 0.2) is 0 Å². The van der Waals surface area contributed by atoms with Crippen molar-refractivity contribution >= 4 is 29.8 Å². The summed E-state index contributed by atoms with van der Waals surface area (Å²) >= 11 is 0. The molecule has 0 spiro atoms. The van der Waals surface area contributed by atoms with E-state index in [0.717, 1.165) is 0 Å². The summed E-state index contributed by atoms with van der Waals surface area (Å²) in [5.74, 6) is 2.63. The Kier molecular flexibility index (Phi) is 35.0. The van der Waals surface area contributed by atoms with Crippen LogP contribution in [0.2, 0.25) is 0 Å². The maximum absolute atomic E-state index is 12.8. The molecule has 0 amide bonds. The second-order valence-electron chi connectivity index (χ2n) is 21.7. The molecule has 2 unspecified atom stereocenters. The van der Waals surface area contributed by atoms with Crippen LogP contribution in [0.15, 0.2) is 146 Å². The molecular weight excluding hydrogens is 1500 g/mol. The summed E-state index contributed by atoms with van der Waals surface area (Å²) in [6.07, 6.45) is 0.186. The van der Waals surface area contributed by atoms with Gasteiger partial charge in [-0.15, -0.1) is 0 Å². The number of hydrogen-bond donors (Lipinski definition) is 0. The van der Waals surface area contributed by atoms with Crippen LogP contribution in [-0.2, 0) is 87.2 Å². The van der Waals surface area contributed by atoms with Crippen molar-refractivity contribution in [1.29, 1.82) is 0 Å². The quantitative estimate of drug-likeness (QED) is 0.0384. The van der Waals surface area contributed by atoms with Crippen molar-refractivity contribution < 1.29 is 111 Å². The van der Waals surface area contributed by atoms with Crippen molar-refractivity contribution in [3.8, 4) is 28.7 Å². The van der Waals surface area contributed by atoms with Crippen LogP contribution in [0.4, 0.5) is 0 Å². The van der Waals surface area contributed by atoms with Gasteiger partial charge in [0.05, 0.1) is 5.41 Å². The zero-order valence-electron chi connectivity index (χ0n) is 49.4. The molecule has 0 aliphatic carbocycles. The van der Waals surface area contributed by atoms with Crippen LogP contribution in [-0.4, -0.2) is 29.8 Å². The van der Waals surface area contributed by atoms with Gasteiger partial charge in [-0.3, -0.25) is 14.4 Å². The Hall–Kier alpha value is -5.01. The van der Waals surface area contributed by atoms with E-state index < -0.39 is 22.8 Å². The van der Waals surface area contributed by atoms with Gasteiger partial charge < -0.3 is 37.5 Å². The van der Waals surface area contributed by atoms with E-state index >= 15 is 0 Å². The Balaban J connectivity index is 0. The molecule has 10 nitrogen and oxygen atoms in total. The molecule has 79 heavy (non-hydrogen) atoms. The number of carbonyl (C=O) groups excluding carboxylic acids is 5. The van der Waals surface area contributed by atoms with Gasteiger partial charge in [0.2, 0.25) is 0 Å². The van der Waals surface area contributed by atoms with Gasteiger partial charge in [-0.05, 0) is 152 Å². The predicted molar refractivity (Wildman–Crippen MR) is 307 cm³/mol. The molecule has 0 saturated carbocycles. The smallest absolute Gasteiger partial charge is 0.338 e. The van der Waals surface area contributed by atoms with Crippen molar-refractivity contribution in [3.63, 3.8) is 0 Å². The normalized spacial score (nSPS) is 11.6. The molecule has 0 fully saturated rings. The van der Waals surface area contributed by atoms with Crippen molar-refractivity contribution in [2.75, 3.05) is 0 Å². The molecule has 0 heterocycles. The standard InChI is InChI=1S/C27H35O4.C13H17O2.2C13H16O2.3W/c1-18(2)20-9-13-22(14-10-20)30-24(28)26(5,6)17-27(7,8)25(29)31-23-15-11-21(12-16-23)19(3)4;3*1-9(2)11-5-7-12(8-6-11)15-13(14)10(3)4;;;/h9-16,18-19H,5,17H2,1-4,6-8H3;5-10H,3H2,1-2,4H3;2*5-9H,3H2,1-2,4H3;;;/q2*-1;;;;;. The fourth-order valence-electron chi connectivity index (χ4n) is 6.80. The van der Waals surface area contributed by atoms with Crippen LogP contribution in [0, 0.1) is 30.6 Å². The molecule has 5 aromatic carbocycles. The first-order valence-electron chi connectivity index (χ1n) is 25.9. The minimum atomic E-state index is -1.11. The Morgan fingerprint density at radius 2 is 0.620 bits per heavy atom. The molecule has 0 aliphatic rings. The summed E-state index contributed by atoms with van der Waals surface area (Å²) < 4.78 is 26.4. The molecule has 2 atom stereocenters. The maximum atomic E-state index is 12.8. The molecule has 0 saturated heterocycles. The number of esters is 5. The molecule has 5 aromatic rings. The fraction of sp³-hybridized carbons (Fsp3) is 0.379. The number of ether oxygens (including phenoxy) is 5. The van der Waals surface area contributed by atoms with Gasteiger partial charge in [-0.1, -0.05) is 168 Å². The number of benzene rings is 5. The largest absolute Gasteiger partial charge is 0.428 e. The van der Waals surface area contributed by atoms with Gasteiger partial charge in [0, 0.05) is 74.3 Å². The van der Waals surface area contributed by atoms with E-state index in [2.05, 4.69) is 96.2 Å². The summed E-state index contributed by atoms with van der Waals surface area (Å²) in [6, 6.07) is 37.6. The Labute approximate surface area is 516 Å². The van der Waals surface area contributed by atoms with Crippen LogP contribution in [0.25, 0.3) is 0 Å². The topological polar surface area (TPSA) is 132 Å². The minimum absolute atomic E-state index is 0. The van der Waals surface area contributed by atoms with Crippen molar-refractivity contribution in [1.82, 2.24) is 0 Å². The molecule has 5 rings (SSSR count). The van der Waals surface area contributed by atoms with Crippen LogP contribution in [0.3, 0.4) is 0 Å². The third-order valence-electron chi connectivity index (χ3n) is 11.8. The van der Waals surface area contributed by atoms with Gasteiger partial charge in [-0.2, -0.15) is 0 Å². The van der Waals surface area contributed by atoms with Crippen LogP contribution < -0.4 is 23.7 Å². The molecule has 0 aromatic heterocycles. The summed E-state index contributed by atoms with van der Waals surface area (Å²) in [6.45, 7) is 46.0. The van der Waals surface area contributed by atoms with E-state index in [-0.39, 0.29) is 93.4 Å². The van der Waals surface area contributed by atoms with Crippen molar-refractivity contribution in [2.45, 2.75) is 147 Å². The van der Waals surface area contributed by atoms with Gasteiger partial charge >= 0.3 is 17.9 Å². The first-order valence-corrected chi connectivity index (χ1v) is 25.9. The second-order valence-corrected chi connectivity index (χ2v) is 21.7.